The summed E-state index contributed by atoms with van der Waals surface area (Å²) in [7, 11) is 0. The number of rotatable bonds is 1. The monoisotopic (exact) mass is 209 g/mol. The van der Waals surface area contributed by atoms with Crippen LogP contribution in [0, 0.1) is 0 Å². The summed E-state index contributed by atoms with van der Waals surface area (Å²) in [5.41, 5.74) is -0.0483. The zero-order valence-electron chi connectivity index (χ0n) is 9.71. The van der Waals surface area contributed by atoms with Crippen molar-refractivity contribution in [1.82, 2.24) is 15.5 Å². The molecule has 1 aliphatic rings. The van der Waals surface area contributed by atoms with Crippen LogP contribution in [0.2, 0.25) is 0 Å². The van der Waals surface area contributed by atoms with Gasteiger partial charge in [-0.2, -0.15) is 4.98 Å². The van der Waals surface area contributed by atoms with Gasteiger partial charge in [-0.1, -0.05) is 25.9 Å². The van der Waals surface area contributed by atoms with Gasteiger partial charge in [0.05, 0.1) is 0 Å². The van der Waals surface area contributed by atoms with Crippen molar-refractivity contribution in [3.05, 3.63) is 11.7 Å². The van der Waals surface area contributed by atoms with E-state index in [0.717, 1.165) is 31.2 Å². The summed E-state index contributed by atoms with van der Waals surface area (Å²) < 4.78 is 5.29. The maximum Gasteiger partial charge on any atom is 0.232 e. The Labute approximate surface area is 90.4 Å². The summed E-state index contributed by atoms with van der Waals surface area (Å²) in [6, 6.07) is 0. The zero-order valence-corrected chi connectivity index (χ0v) is 9.71. The third-order valence-electron chi connectivity index (χ3n) is 2.75. The predicted octanol–water partition coefficient (Wildman–Crippen LogP) is 1.83. The van der Waals surface area contributed by atoms with E-state index in [4.69, 9.17) is 4.52 Å². The Morgan fingerprint density at radius 1 is 1.40 bits per heavy atom. The van der Waals surface area contributed by atoms with Crippen molar-refractivity contribution in [1.29, 1.82) is 0 Å². The normalized spacial score (nSPS) is 23.0. The van der Waals surface area contributed by atoms with Gasteiger partial charge in [0, 0.05) is 17.9 Å². The van der Waals surface area contributed by atoms with Crippen LogP contribution in [-0.4, -0.2) is 23.2 Å². The molecule has 2 heterocycles. The van der Waals surface area contributed by atoms with E-state index in [1.54, 1.807) is 0 Å². The van der Waals surface area contributed by atoms with Crippen LogP contribution >= 0.6 is 0 Å². The van der Waals surface area contributed by atoms with Crippen LogP contribution in [0.1, 0.15) is 51.2 Å². The van der Waals surface area contributed by atoms with E-state index in [9.17, 15) is 0 Å². The van der Waals surface area contributed by atoms with Crippen molar-refractivity contribution < 1.29 is 4.52 Å². The standard InChI is InChI=1S/C11H19N3O/c1-11(2,3)10-13-9(14-15-10)8-5-4-6-12-7-8/h8,12H,4-7H2,1-3H3. The third-order valence-corrected chi connectivity index (χ3v) is 2.75. The van der Waals surface area contributed by atoms with Crippen LogP contribution in [0.4, 0.5) is 0 Å². The largest absolute Gasteiger partial charge is 0.339 e. The van der Waals surface area contributed by atoms with E-state index in [-0.39, 0.29) is 5.41 Å². The Kier molecular flexibility index (Phi) is 2.78. The molecule has 15 heavy (non-hydrogen) atoms. The average Bonchev–Trinajstić information content (AvgIpc) is 2.67. The number of nitrogens with zero attached hydrogens (tertiary/aromatic N) is 2. The molecule has 2 rings (SSSR count). The second kappa shape index (κ2) is 3.93. The smallest absolute Gasteiger partial charge is 0.232 e. The lowest BCUT2D eigenvalue weighted by Crippen LogP contribution is -2.29. The lowest BCUT2D eigenvalue weighted by atomic mass is 9.96. The van der Waals surface area contributed by atoms with Crippen LogP contribution in [0.15, 0.2) is 4.52 Å². The van der Waals surface area contributed by atoms with Gasteiger partial charge in [0.15, 0.2) is 5.82 Å². The zero-order chi connectivity index (χ0) is 10.9. The molecule has 0 amide bonds. The van der Waals surface area contributed by atoms with Crippen molar-refractivity contribution in [2.45, 2.75) is 44.9 Å². The molecule has 0 aliphatic carbocycles. The van der Waals surface area contributed by atoms with Crippen molar-refractivity contribution in [3.8, 4) is 0 Å². The molecule has 1 fully saturated rings. The van der Waals surface area contributed by atoms with E-state index < -0.39 is 0 Å². The van der Waals surface area contributed by atoms with E-state index in [1.807, 2.05) is 0 Å². The summed E-state index contributed by atoms with van der Waals surface area (Å²) >= 11 is 0. The highest BCUT2D eigenvalue weighted by Gasteiger charge is 2.25. The summed E-state index contributed by atoms with van der Waals surface area (Å²) in [4.78, 5) is 4.49. The molecule has 4 heteroatoms. The number of hydrogen-bond donors (Lipinski definition) is 1. The molecule has 1 atom stereocenters. The molecule has 1 aromatic rings. The predicted molar refractivity (Wildman–Crippen MR) is 57.8 cm³/mol. The molecule has 1 unspecified atom stereocenters. The first-order chi connectivity index (χ1) is 7.07. The topological polar surface area (TPSA) is 51.0 Å². The Morgan fingerprint density at radius 2 is 2.20 bits per heavy atom. The first-order valence-electron chi connectivity index (χ1n) is 5.62. The minimum atomic E-state index is -0.0483. The molecule has 1 aliphatic heterocycles. The molecular weight excluding hydrogens is 190 g/mol. The molecule has 1 aromatic heterocycles. The molecule has 84 valence electrons. The molecular formula is C11H19N3O. The quantitative estimate of drug-likeness (QED) is 0.766. The van der Waals surface area contributed by atoms with Crippen molar-refractivity contribution in [2.75, 3.05) is 13.1 Å². The molecule has 0 radical (unpaired) electrons. The van der Waals surface area contributed by atoms with Gasteiger partial charge >= 0.3 is 0 Å². The van der Waals surface area contributed by atoms with Crippen LogP contribution in [0.25, 0.3) is 0 Å². The fourth-order valence-corrected chi connectivity index (χ4v) is 1.78. The van der Waals surface area contributed by atoms with E-state index >= 15 is 0 Å². The van der Waals surface area contributed by atoms with Gasteiger partial charge in [0.2, 0.25) is 5.89 Å². The number of aromatic nitrogens is 2. The highest BCUT2D eigenvalue weighted by Crippen LogP contribution is 2.25. The van der Waals surface area contributed by atoms with Gasteiger partial charge in [-0.05, 0) is 19.4 Å². The Morgan fingerprint density at radius 3 is 2.73 bits per heavy atom. The van der Waals surface area contributed by atoms with Gasteiger partial charge < -0.3 is 9.84 Å². The first-order valence-corrected chi connectivity index (χ1v) is 5.62. The maximum atomic E-state index is 5.29. The Hall–Kier alpha value is -0.900. The highest BCUT2D eigenvalue weighted by atomic mass is 16.5. The summed E-state index contributed by atoms with van der Waals surface area (Å²) in [6.45, 7) is 8.35. The van der Waals surface area contributed by atoms with E-state index in [2.05, 4.69) is 36.2 Å². The van der Waals surface area contributed by atoms with Crippen molar-refractivity contribution in [3.63, 3.8) is 0 Å². The minimum Gasteiger partial charge on any atom is -0.339 e. The number of nitrogens with one attached hydrogen (secondary N) is 1. The molecule has 0 aromatic carbocycles. The molecule has 4 nitrogen and oxygen atoms in total. The van der Waals surface area contributed by atoms with Gasteiger partial charge in [-0.15, -0.1) is 0 Å². The summed E-state index contributed by atoms with van der Waals surface area (Å²) in [5, 5.41) is 7.44. The Bertz CT molecular complexity index is 321. The molecule has 0 bridgehead atoms. The van der Waals surface area contributed by atoms with Gasteiger partial charge in [0.1, 0.15) is 0 Å². The fraction of sp³-hybridized carbons (Fsp3) is 0.818. The van der Waals surface area contributed by atoms with Crippen molar-refractivity contribution >= 4 is 0 Å². The second-order valence-corrected chi connectivity index (χ2v) is 5.25. The van der Waals surface area contributed by atoms with Gasteiger partial charge in [-0.25, -0.2) is 0 Å². The lowest BCUT2D eigenvalue weighted by Gasteiger charge is -2.19. The van der Waals surface area contributed by atoms with E-state index in [0.29, 0.717) is 5.92 Å². The van der Waals surface area contributed by atoms with Crippen molar-refractivity contribution in [2.24, 2.45) is 0 Å². The molecule has 1 N–H and O–H groups in total. The second-order valence-electron chi connectivity index (χ2n) is 5.25. The first kappa shape index (κ1) is 10.6. The fourth-order valence-electron chi connectivity index (χ4n) is 1.78. The highest BCUT2D eigenvalue weighted by molar-refractivity contribution is 5.03. The Balaban J connectivity index is 2.12. The van der Waals surface area contributed by atoms with Crippen LogP contribution in [0.5, 0.6) is 0 Å². The maximum absolute atomic E-state index is 5.29. The lowest BCUT2D eigenvalue weighted by molar-refractivity contribution is 0.314. The van der Waals surface area contributed by atoms with Crippen LogP contribution in [-0.2, 0) is 5.41 Å². The summed E-state index contributed by atoms with van der Waals surface area (Å²) in [6.07, 6.45) is 2.36. The molecule has 1 saturated heterocycles. The molecule has 0 spiro atoms. The van der Waals surface area contributed by atoms with Crippen LogP contribution < -0.4 is 5.32 Å². The number of piperidine rings is 1. The minimum absolute atomic E-state index is 0.0483. The SMILES string of the molecule is CC(C)(C)c1nc(C2CCCNC2)no1. The number of hydrogen-bond acceptors (Lipinski definition) is 4. The van der Waals surface area contributed by atoms with Gasteiger partial charge in [0.25, 0.3) is 0 Å². The van der Waals surface area contributed by atoms with E-state index in [1.165, 1.54) is 6.42 Å². The third kappa shape index (κ3) is 2.37. The molecule has 0 saturated carbocycles. The summed E-state index contributed by atoms with van der Waals surface area (Å²) in [5.74, 6) is 2.04. The van der Waals surface area contributed by atoms with Crippen LogP contribution in [0.3, 0.4) is 0 Å². The van der Waals surface area contributed by atoms with Gasteiger partial charge in [-0.3, -0.25) is 0 Å². The average molecular weight is 209 g/mol.